The van der Waals surface area contributed by atoms with E-state index in [1.807, 2.05) is 0 Å². The van der Waals surface area contributed by atoms with Crippen molar-refractivity contribution in [1.29, 1.82) is 0 Å². The molecule has 2 atom stereocenters. The molecular weight excluding hydrogens is 210 g/mol. The van der Waals surface area contributed by atoms with Crippen LogP contribution >= 0.6 is 0 Å². The van der Waals surface area contributed by atoms with Gasteiger partial charge in [-0.25, -0.2) is 0 Å². The summed E-state index contributed by atoms with van der Waals surface area (Å²) in [4.78, 5) is 5.09. The number of likely N-dealkylation sites (tertiary alicyclic amines) is 2. The monoisotopic (exact) mass is 239 g/mol. The maximum atomic E-state index is 3.87. The Bertz CT molecular complexity index is 214. The van der Waals surface area contributed by atoms with Crippen LogP contribution in [0.5, 0.6) is 0 Å². The van der Waals surface area contributed by atoms with Crippen molar-refractivity contribution in [2.45, 2.75) is 57.7 Å². The molecule has 0 bridgehead atoms. The third-order valence-corrected chi connectivity index (χ3v) is 4.49. The van der Waals surface area contributed by atoms with Crippen LogP contribution in [0.2, 0.25) is 0 Å². The molecule has 0 saturated carbocycles. The van der Waals surface area contributed by atoms with E-state index in [4.69, 9.17) is 0 Å². The Labute approximate surface area is 107 Å². The number of rotatable bonds is 4. The fourth-order valence-corrected chi connectivity index (χ4v) is 3.29. The molecule has 3 heteroatoms. The fourth-order valence-electron chi connectivity index (χ4n) is 3.29. The van der Waals surface area contributed by atoms with Crippen LogP contribution in [0, 0.1) is 0 Å². The number of piperidine rings is 1. The maximum Gasteiger partial charge on any atom is 0.0212 e. The number of nitrogens with zero attached hydrogens (tertiary/aromatic N) is 2. The molecule has 0 radical (unpaired) electrons. The highest BCUT2D eigenvalue weighted by Gasteiger charge is 2.28. The average Bonchev–Trinajstić information content (AvgIpc) is 2.61. The van der Waals surface area contributed by atoms with Gasteiger partial charge in [-0.05, 0) is 59.3 Å². The summed E-state index contributed by atoms with van der Waals surface area (Å²) in [6, 6.07) is 2.26. The van der Waals surface area contributed by atoms with Gasteiger partial charge in [-0.15, -0.1) is 0 Å². The first-order valence-corrected chi connectivity index (χ1v) is 7.37. The summed E-state index contributed by atoms with van der Waals surface area (Å²) in [5, 5.41) is 3.87. The van der Waals surface area contributed by atoms with Gasteiger partial charge < -0.3 is 15.1 Å². The minimum Gasteiger partial charge on any atom is -0.310 e. The minimum atomic E-state index is 0.734. The van der Waals surface area contributed by atoms with Crippen molar-refractivity contribution in [1.82, 2.24) is 15.1 Å². The molecule has 0 aliphatic carbocycles. The van der Waals surface area contributed by atoms with Crippen molar-refractivity contribution in [2.24, 2.45) is 0 Å². The lowest BCUT2D eigenvalue weighted by Gasteiger charge is -2.33. The number of likely N-dealkylation sites (N-methyl/N-ethyl adjacent to an activating group) is 1. The van der Waals surface area contributed by atoms with Crippen molar-refractivity contribution < 1.29 is 0 Å². The van der Waals surface area contributed by atoms with Crippen molar-refractivity contribution in [3.63, 3.8) is 0 Å². The number of nitrogens with one attached hydrogen (secondary N) is 1. The van der Waals surface area contributed by atoms with Gasteiger partial charge in [0.05, 0.1) is 0 Å². The van der Waals surface area contributed by atoms with E-state index in [1.54, 1.807) is 0 Å². The molecule has 2 unspecified atom stereocenters. The van der Waals surface area contributed by atoms with E-state index >= 15 is 0 Å². The van der Waals surface area contributed by atoms with Gasteiger partial charge in [-0.3, -0.25) is 0 Å². The van der Waals surface area contributed by atoms with Gasteiger partial charge >= 0.3 is 0 Å². The van der Waals surface area contributed by atoms with Gasteiger partial charge in [0, 0.05) is 24.7 Å². The number of hydrogen-bond acceptors (Lipinski definition) is 3. The first-order valence-electron chi connectivity index (χ1n) is 7.37. The second-order valence-electron chi connectivity index (χ2n) is 6.00. The standard InChI is InChI=1S/C14H29N3/c1-4-7-17-8-5-13(6-9-17)15-14-10-12(2)16(3)11-14/h12-15H,4-11H2,1-3H3. The number of hydrogen-bond donors (Lipinski definition) is 1. The zero-order valence-corrected chi connectivity index (χ0v) is 11.8. The highest BCUT2D eigenvalue weighted by molar-refractivity contribution is 4.88. The highest BCUT2D eigenvalue weighted by Crippen LogP contribution is 2.18. The zero-order valence-electron chi connectivity index (χ0n) is 11.8. The van der Waals surface area contributed by atoms with E-state index in [9.17, 15) is 0 Å². The van der Waals surface area contributed by atoms with Gasteiger partial charge in [0.25, 0.3) is 0 Å². The normalized spacial score (nSPS) is 33.4. The topological polar surface area (TPSA) is 18.5 Å². The molecule has 2 rings (SSSR count). The lowest BCUT2D eigenvalue weighted by atomic mass is 10.0. The van der Waals surface area contributed by atoms with Crippen molar-refractivity contribution in [3.8, 4) is 0 Å². The van der Waals surface area contributed by atoms with Gasteiger partial charge in [-0.1, -0.05) is 6.92 Å². The van der Waals surface area contributed by atoms with Gasteiger partial charge in [-0.2, -0.15) is 0 Å². The minimum absolute atomic E-state index is 0.734. The molecule has 2 aliphatic rings. The Morgan fingerprint density at radius 3 is 2.41 bits per heavy atom. The van der Waals surface area contributed by atoms with Crippen LogP contribution < -0.4 is 5.32 Å². The van der Waals surface area contributed by atoms with Crippen LogP contribution in [0.15, 0.2) is 0 Å². The molecule has 17 heavy (non-hydrogen) atoms. The quantitative estimate of drug-likeness (QED) is 0.803. The Kier molecular flexibility index (Phi) is 4.83. The highest BCUT2D eigenvalue weighted by atomic mass is 15.2. The molecule has 0 spiro atoms. The Morgan fingerprint density at radius 2 is 1.88 bits per heavy atom. The van der Waals surface area contributed by atoms with E-state index in [-0.39, 0.29) is 0 Å². The second kappa shape index (κ2) is 6.17. The summed E-state index contributed by atoms with van der Waals surface area (Å²) in [6.07, 6.45) is 5.30. The zero-order chi connectivity index (χ0) is 12.3. The molecular formula is C14H29N3. The van der Waals surface area contributed by atoms with E-state index in [2.05, 4.69) is 36.0 Å². The maximum absolute atomic E-state index is 3.87. The van der Waals surface area contributed by atoms with E-state index in [0.29, 0.717) is 0 Å². The van der Waals surface area contributed by atoms with Crippen LogP contribution in [0.1, 0.15) is 39.5 Å². The van der Waals surface area contributed by atoms with E-state index < -0.39 is 0 Å². The first-order chi connectivity index (χ1) is 8.19. The Morgan fingerprint density at radius 1 is 1.18 bits per heavy atom. The van der Waals surface area contributed by atoms with E-state index in [1.165, 1.54) is 51.9 Å². The summed E-state index contributed by atoms with van der Waals surface area (Å²) in [6.45, 7) is 9.73. The second-order valence-corrected chi connectivity index (χ2v) is 6.00. The molecule has 1 N–H and O–H groups in total. The summed E-state index contributed by atoms with van der Waals surface area (Å²) < 4.78 is 0. The van der Waals surface area contributed by atoms with Crippen molar-refractivity contribution >= 4 is 0 Å². The lowest BCUT2D eigenvalue weighted by molar-refractivity contribution is 0.191. The molecule has 0 amide bonds. The van der Waals surface area contributed by atoms with Gasteiger partial charge in [0.15, 0.2) is 0 Å². The third kappa shape index (κ3) is 3.67. The molecule has 3 nitrogen and oxygen atoms in total. The summed E-state index contributed by atoms with van der Waals surface area (Å²) in [7, 11) is 2.25. The molecule has 2 saturated heterocycles. The van der Waals surface area contributed by atoms with Crippen LogP contribution in [0.4, 0.5) is 0 Å². The molecule has 2 aliphatic heterocycles. The summed E-state index contributed by atoms with van der Waals surface area (Å²) in [5.41, 5.74) is 0. The molecule has 0 aromatic heterocycles. The van der Waals surface area contributed by atoms with Gasteiger partial charge in [0.1, 0.15) is 0 Å². The Balaban J connectivity index is 1.68. The summed E-state index contributed by atoms with van der Waals surface area (Å²) >= 11 is 0. The average molecular weight is 239 g/mol. The smallest absolute Gasteiger partial charge is 0.0212 e. The molecule has 2 fully saturated rings. The summed E-state index contributed by atoms with van der Waals surface area (Å²) in [5.74, 6) is 0. The van der Waals surface area contributed by atoms with Gasteiger partial charge in [0.2, 0.25) is 0 Å². The third-order valence-electron chi connectivity index (χ3n) is 4.49. The van der Waals surface area contributed by atoms with Crippen molar-refractivity contribution in [3.05, 3.63) is 0 Å². The lowest BCUT2D eigenvalue weighted by Crippen LogP contribution is -2.46. The van der Waals surface area contributed by atoms with Crippen LogP contribution in [0.3, 0.4) is 0 Å². The SMILES string of the molecule is CCCN1CCC(NC2CC(C)N(C)C2)CC1. The fraction of sp³-hybridized carbons (Fsp3) is 1.00. The molecule has 100 valence electrons. The van der Waals surface area contributed by atoms with Crippen molar-refractivity contribution in [2.75, 3.05) is 33.2 Å². The van der Waals surface area contributed by atoms with Crippen LogP contribution in [-0.4, -0.2) is 61.2 Å². The van der Waals surface area contributed by atoms with Crippen LogP contribution in [-0.2, 0) is 0 Å². The largest absolute Gasteiger partial charge is 0.310 e. The predicted molar refractivity (Wildman–Crippen MR) is 73.4 cm³/mol. The van der Waals surface area contributed by atoms with Crippen LogP contribution in [0.25, 0.3) is 0 Å². The molecule has 2 heterocycles. The molecule has 0 aromatic rings. The predicted octanol–water partition coefficient (Wildman–Crippen LogP) is 1.54. The van der Waals surface area contributed by atoms with E-state index in [0.717, 1.165) is 18.1 Å². The molecule has 0 aromatic carbocycles. The Hall–Kier alpha value is -0.120. The first kappa shape index (κ1) is 13.3.